The molecule has 2 N–H and O–H groups in total. The van der Waals surface area contributed by atoms with Crippen LogP contribution in [0, 0.1) is 6.07 Å². The molecule has 155 valence electrons. The highest BCUT2D eigenvalue weighted by Crippen LogP contribution is 2.30. The summed E-state index contributed by atoms with van der Waals surface area (Å²) in [7, 11) is 1.65. The summed E-state index contributed by atoms with van der Waals surface area (Å²) in [5.74, 6) is 1.64. The van der Waals surface area contributed by atoms with Gasteiger partial charge in [-0.05, 0) is 23.8 Å². The predicted molar refractivity (Wildman–Crippen MR) is 118 cm³/mol. The number of anilines is 4. The maximum Gasteiger partial charge on any atom is 0.229 e. The second kappa shape index (κ2) is 9.75. The van der Waals surface area contributed by atoms with Crippen molar-refractivity contribution in [1.29, 1.82) is 0 Å². The Morgan fingerprint density at radius 2 is 2.07 bits per heavy atom. The largest absolute Gasteiger partial charge is 0.495 e. The van der Waals surface area contributed by atoms with Crippen molar-refractivity contribution < 1.29 is 9.47 Å². The molecule has 1 aliphatic rings. The van der Waals surface area contributed by atoms with Gasteiger partial charge in [0.25, 0.3) is 0 Å². The highest BCUT2D eigenvalue weighted by Gasteiger charge is 2.13. The molecule has 0 spiro atoms. The minimum absolute atomic E-state index is 0.414. The number of nitrogens with zero attached hydrogens (tertiary/aromatic N) is 3. The second-order valence-electron chi connectivity index (χ2n) is 6.84. The number of benzene rings is 2. The van der Waals surface area contributed by atoms with E-state index >= 15 is 0 Å². The summed E-state index contributed by atoms with van der Waals surface area (Å²) in [4.78, 5) is 11.1. The van der Waals surface area contributed by atoms with Gasteiger partial charge >= 0.3 is 0 Å². The Morgan fingerprint density at radius 3 is 2.83 bits per heavy atom. The van der Waals surface area contributed by atoms with E-state index in [1.807, 2.05) is 36.4 Å². The van der Waals surface area contributed by atoms with Crippen LogP contribution in [0.15, 0.2) is 48.7 Å². The first-order valence-corrected chi connectivity index (χ1v) is 10.1. The molecular formula is C22H23ClN5O2. The number of methoxy groups -OCH3 is 1. The molecule has 3 aromatic rings. The molecule has 1 saturated heterocycles. The third-order valence-corrected chi connectivity index (χ3v) is 5.01. The fraction of sp³-hybridized carbons (Fsp3) is 0.273. The molecule has 2 heterocycles. The van der Waals surface area contributed by atoms with Crippen LogP contribution in [0.4, 0.5) is 23.1 Å². The Kier molecular flexibility index (Phi) is 6.63. The molecule has 0 amide bonds. The number of halogens is 1. The van der Waals surface area contributed by atoms with Crippen LogP contribution in [0.25, 0.3) is 0 Å². The molecule has 1 radical (unpaired) electrons. The van der Waals surface area contributed by atoms with E-state index in [9.17, 15) is 0 Å². The zero-order chi connectivity index (χ0) is 20.8. The lowest BCUT2D eigenvalue weighted by atomic mass is 10.1. The zero-order valence-corrected chi connectivity index (χ0v) is 17.4. The monoisotopic (exact) mass is 424 g/mol. The van der Waals surface area contributed by atoms with Crippen molar-refractivity contribution >= 4 is 34.7 Å². The number of aromatic nitrogens is 2. The Morgan fingerprint density at radius 1 is 1.20 bits per heavy atom. The third-order valence-electron chi connectivity index (χ3n) is 4.73. The number of hydrogen-bond donors (Lipinski definition) is 2. The molecule has 7 nitrogen and oxygen atoms in total. The molecule has 8 heteroatoms. The Bertz CT molecular complexity index is 981. The van der Waals surface area contributed by atoms with Gasteiger partial charge in [-0.1, -0.05) is 35.9 Å². The van der Waals surface area contributed by atoms with Crippen LogP contribution in [0.5, 0.6) is 5.75 Å². The van der Waals surface area contributed by atoms with Gasteiger partial charge in [0.2, 0.25) is 5.95 Å². The van der Waals surface area contributed by atoms with Crippen molar-refractivity contribution in [1.82, 2.24) is 14.9 Å². The van der Waals surface area contributed by atoms with Gasteiger partial charge in [0.1, 0.15) is 10.8 Å². The Balaban J connectivity index is 1.49. The molecule has 2 aromatic carbocycles. The van der Waals surface area contributed by atoms with E-state index in [4.69, 9.17) is 21.1 Å². The molecule has 0 atom stereocenters. The molecular weight excluding hydrogens is 402 g/mol. The lowest BCUT2D eigenvalue weighted by molar-refractivity contribution is 0.0342. The number of hydrogen-bond acceptors (Lipinski definition) is 7. The van der Waals surface area contributed by atoms with Crippen molar-refractivity contribution in [2.45, 2.75) is 6.54 Å². The molecule has 1 aromatic heterocycles. The highest BCUT2D eigenvalue weighted by atomic mass is 35.5. The first kappa shape index (κ1) is 20.4. The Labute approximate surface area is 181 Å². The maximum atomic E-state index is 6.25. The van der Waals surface area contributed by atoms with E-state index < -0.39 is 0 Å². The van der Waals surface area contributed by atoms with Gasteiger partial charge in [0, 0.05) is 31.4 Å². The molecule has 1 fully saturated rings. The lowest BCUT2D eigenvalue weighted by Gasteiger charge is -2.26. The fourth-order valence-corrected chi connectivity index (χ4v) is 3.33. The third kappa shape index (κ3) is 5.18. The summed E-state index contributed by atoms with van der Waals surface area (Å²) in [6.07, 6.45) is 1.56. The quantitative estimate of drug-likeness (QED) is 0.587. The van der Waals surface area contributed by atoms with Gasteiger partial charge in [0.15, 0.2) is 5.82 Å². The van der Waals surface area contributed by atoms with Gasteiger partial charge in [-0.3, -0.25) is 4.90 Å². The van der Waals surface area contributed by atoms with E-state index in [-0.39, 0.29) is 0 Å². The van der Waals surface area contributed by atoms with Gasteiger partial charge < -0.3 is 20.1 Å². The Hall–Kier alpha value is -2.87. The summed E-state index contributed by atoms with van der Waals surface area (Å²) in [5, 5.41) is 6.80. The van der Waals surface area contributed by atoms with E-state index in [1.54, 1.807) is 13.3 Å². The van der Waals surface area contributed by atoms with Crippen molar-refractivity contribution in [3.8, 4) is 5.75 Å². The van der Waals surface area contributed by atoms with Crippen molar-refractivity contribution in [3.05, 3.63) is 65.3 Å². The lowest BCUT2D eigenvalue weighted by Crippen LogP contribution is -2.35. The van der Waals surface area contributed by atoms with Gasteiger partial charge in [-0.2, -0.15) is 4.98 Å². The van der Waals surface area contributed by atoms with Crippen LogP contribution >= 0.6 is 11.6 Å². The zero-order valence-electron chi connectivity index (χ0n) is 16.7. The van der Waals surface area contributed by atoms with Crippen molar-refractivity contribution in [2.24, 2.45) is 0 Å². The van der Waals surface area contributed by atoms with Crippen molar-refractivity contribution in [3.63, 3.8) is 0 Å². The van der Waals surface area contributed by atoms with E-state index in [1.165, 1.54) is 5.56 Å². The van der Waals surface area contributed by atoms with Crippen LogP contribution < -0.4 is 15.4 Å². The van der Waals surface area contributed by atoms with Gasteiger partial charge in [-0.25, -0.2) is 4.98 Å². The van der Waals surface area contributed by atoms with Crippen LogP contribution in [0.3, 0.4) is 0 Å². The minimum Gasteiger partial charge on any atom is -0.495 e. The van der Waals surface area contributed by atoms with Crippen LogP contribution in [0.2, 0.25) is 5.02 Å². The van der Waals surface area contributed by atoms with E-state index in [0.29, 0.717) is 16.8 Å². The molecule has 4 rings (SSSR count). The number of morpholine rings is 1. The maximum absolute atomic E-state index is 6.25. The number of nitrogens with one attached hydrogen (secondary N) is 2. The van der Waals surface area contributed by atoms with Gasteiger partial charge in [0.05, 0.1) is 32.2 Å². The van der Waals surface area contributed by atoms with Crippen LogP contribution in [-0.2, 0) is 11.3 Å². The molecule has 0 bridgehead atoms. The molecule has 1 aliphatic heterocycles. The highest BCUT2D eigenvalue weighted by molar-refractivity contribution is 6.32. The molecule has 0 aliphatic carbocycles. The second-order valence-corrected chi connectivity index (χ2v) is 7.25. The SMILES string of the molecule is COc1cc(CN2CCOCC2)ccc1Nc1ncc(Cl)c(Nc2[c]cccc2)n1. The standard InChI is InChI=1S/C22H23ClN5O2/c1-29-20-13-16(15-28-9-11-30-12-10-28)7-8-19(20)26-22-24-14-18(23)21(27-22)25-17-5-3-2-4-6-17/h2-5,7-8,13-14H,9-12,15H2,1H3,(H2,24,25,26,27). The topological polar surface area (TPSA) is 71.5 Å². The molecule has 30 heavy (non-hydrogen) atoms. The van der Waals surface area contributed by atoms with Gasteiger partial charge in [-0.15, -0.1) is 0 Å². The molecule has 0 saturated carbocycles. The summed E-state index contributed by atoms with van der Waals surface area (Å²) >= 11 is 6.25. The summed E-state index contributed by atoms with van der Waals surface area (Å²) in [6, 6.07) is 16.7. The van der Waals surface area contributed by atoms with E-state index in [0.717, 1.165) is 50.0 Å². The van der Waals surface area contributed by atoms with Crippen LogP contribution in [-0.4, -0.2) is 48.3 Å². The van der Waals surface area contributed by atoms with Crippen LogP contribution in [0.1, 0.15) is 5.56 Å². The van der Waals surface area contributed by atoms with E-state index in [2.05, 4.69) is 37.6 Å². The fourth-order valence-electron chi connectivity index (χ4n) is 3.19. The summed E-state index contributed by atoms with van der Waals surface area (Å²) in [5.41, 5.74) is 2.73. The number of para-hydroxylation sites is 1. The van der Waals surface area contributed by atoms with Crippen molar-refractivity contribution in [2.75, 3.05) is 44.0 Å². The predicted octanol–water partition coefficient (Wildman–Crippen LogP) is 4.26. The smallest absolute Gasteiger partial charge is 0.229 e. The number of rotatable bonds is 7. The normalized spacial score (nSPS) is 14.3. The first-order valence-electron chi connectivity index (χ1n) is 9.71. The summed E-state index contributed by atoms with van der Waals surface area (Å²) < 4.78 is 11.0. The number of ether oxygens (including phenoxy) is 2. The molecule has 0 unspecified atom stereocenters. The average molecular weight is 425 g/mol. The minimum atomic E-state index is 0.414. The average Bonchev–Trinajstić information content (AvgIpc) is 2.78. The summed E-state index contributed by atoms with van der Waals surface area (Å²) in [6.45, 7) is 4.30. The first-order chi connectivity index (χ1) is 14.7.